The summed E-state index contributed by atoms with van der Waals surface area (Å²) >= 11 is 0. The fourth-order valence-electron chi connectivity index (χ4n) is 2.09. The highest BCUT2D eigenvalue weighted by molar-refractivity contribution is 6.16. The number of hydrogen-bond acceptors (Lipinski definition) is 4. The summed E-state index contributed by atoms with van der Waals surface area (Å²) in [6.07, 6.45) is 0.775. The summed E-state index contributed by atoms with van der Waals surface area (Å²) in [6.45, 7) is 1.87. The van der Waals surface area contributed by atoms with Crippen LogP contribution in [0.2, 0.25) is 0 Å². The molecule has 1 aliphatic rings. The van der Waals surface area contributed by atoms with Gasteiger partial charge in [0, 0.05) is 12.8 Å². The summed E-state index contributed by atoms with van der Waals surface area (Å²) in [5.41, 5.74) is 0.547. The first-order valence-electron chi connectivity index (χ1n) is 6.07. The van der Waals surface area contributed by atoms with Gasteiger partial charge in [0.1, 0.15) is 11.8 Å². The van der Waals surface area contributed by atoms with Gasteiger partial charge in [-0.15, -0.1) is 0 Å². The first-order chi connectivity index (χ1) is 9.11. The van der Waals surface area contributed by atoms with Crippen molar-refractivity contribution in [3.63, 3.8) is 0 Å². The third-order valence-corrected chi connectivity index (χ3v) is 2.94. The molecule has 2 rings (SSSR count). The number of imide groups is 1. The number of carbonyl (C=O) groups excluding carboxylic acids is 2. The Balaban J connectivity index is 2.15. The lowest BCUT2D eigenvalue weighted by atomic mass is 9.97. The molecule has 0 unspecified atom stereocenters. The highest BCUT2D eigenvalue weighted by atomic mass is 16.5. The summed E-state index contributed by atoms with van der Waals surface area (Å²) in [5.74, 6) is 0.300. The Labute approximate surface area is 111 Å². The number of nitrogens with zero attached hydrogens (tertiary/aromatic N) is 2. The lowest BCUT2D eigenvalue weighted by Gasteiger charge is -2.28. The predicted molar refractivity (Wildman–Crippen MR) is 68.4 cm³/mol. The van der Waals surface area contributed by atoms with Crippen LogP contribution in [0.1, 0.15) is 19.8 Å². The highest BCUT2D eigenvalue weighted by Gasteiger charge is 2.31. The molecule has 0 aromatic heterocycles. The predicted octanol–water partition coefficient (Wildman–Crippen LogP) is 1.88. The fraction of sp³-hybridized carbons (Fsp3) is 0.357. The van der Waals surface area contributed by atoms with Crippen LogP contribution >= 0.6 is 0 Å². The molecule has 0 radical (unpaired) electrons. The Morgan fingerprint density at radius 2 is 1.84 bits per heavy atom. The van der Waals surface area contributed by atoms with E-state index in [1.807, 2.05) is 13.0 Å². The molecule has 1 saturated heterocycles. The van der Waals surface area contributed by atoms with Crippen molar-refractivity contribution in [3.8, 4) is 11.8 Å². The minimum absolute atomic E-state index is 0.0293. The van der Waals surface area contributed by atoms with Gasteiger partial charge in [0.25, 0.3) is 0 Å². The maximum absolute atomic E-state index is 11.9. The van der Waals surface area contributed by atoms with E-state index in [9.17, 15) is 9.59 Å². The summed E-state index contributed by atoms with van der Waals surface area (Å²) in [4.78, 5) is 25.0. The lowest BCUT2D eigenvalue weighted by molar-refractivity contribution is -0.130. The number of hydrogen-bond donors (Lipinski definition) is 0. The van der Waals surface area contributed by atoms with Gasteiger partial charge in [0.15, 0.2) is 6.61 Å². The Morgan fingerprint density at radius 1 is 1.26 bits per heavy atom. The van der Waals surface area contributed by atoms with Gasteiger partial charge in [-0.1, -0.05) is 6.92 Å². The second-order valence-electron chi connectivity index (χ2n) is 4.58. The normalized spacial score (nSPS) is 16.3. The number of anilines is 1. The van der Waals surface area contributed by atoms with Crippen LogP contribution in [0, 0.1) is 17.2 Å². The van der Waals surface area contributed by atoms with Crippen molar-refractivity contribution in [1.29, 1.82) is 5.26 Å². The molecule has 0 aliphatic carbocycles. The molecule has 98 valence electrons. The zero-order valence-corrected chi connectivity index (χ0v) is 10.6. The first kappa shape index (κ1) is 13.1. The van der Waals surface area contributed by atoms with Crippen LogP contribution in [0.5, 0.6) is 5.75 Å². The van der Waals surface area contributed by atoms with E-state index in [1.165, 1.54) is 4.90 Å². The summed E-state index contributed by atoms with van der Waals surface area (Å²) in [5, 5.41) is 8.41. The Bertz CT molecular complexity index is 513. The topological polar surface area (TPSA) is 70.4 Å². The molecule has 1 heterocycles. The zero-order chi connectivity index (χ0) is 13.8. The smallest absolute Gasteiger partial charge is 0.234 e. The van der Waals surface area contributed by atoms with Crippen LogP contribution in [0.3, 0.4) is 0 Å². The van der Waals surface area contributed by atoms with E-state index in [0.29, 0.717) is 24.3 Å². The number of amides is 2. The van der Waals surface area contributed by atoms with E-state index in [1.54, 1.807) is 24.3 Å². The SMILES string of the molecule is CC1CC(=O)N(c2ccc(OCC#N)cc2)C(=O)C1. The van der Waals surface area contributed by atoms with Crippen LogP contribution in [-0.4, -0.2) is 18.4 Å². The highest BCUT2D eigenvalue weighted by Crippen LogP contribution is 2.26. The van der Waals surface area contributed by atoms with Crippen LogP contribution in [0.4, 0.5) is 5.69 Å². The van der Waals surface area contributed by atoms with E-state index in [2.05, 4.69) is 0 Å². The van der Waals surface area contributed by atoms with Crippen molar-refractivity contribution in [2.45, 2.75) is 19.8 Å². The van der Waals surface area contributed by atoms with Gasteiger partial charge < -0.3 is 4.74 Å². The van der Waals surface area contributed by atoms with Crippen LogP contribution < -0.4 is 9.64 Å². The fourth-order valence-corrected chi connectivity index (χ4v) is 2.09. The average Bonchev–Trinajstić information content (AvgIpc) is 2.36. The summed E-state index contributed by atoms with van der Waals surface area (Å²) in [6, 6.07) is 8.46. The molecule has 1 aromatic carbocycles. The van der Waals surface area contributed by atoms with E-state index in [-0.39, 0.29) is 24.3 Å². The molecule has 19 heavy (non-hydrogen) atoms. The molecule has 0 spiro atoms. The molecule has 1 fully saturated rings. The molecule has 5 heteroatoms. The van der Waals surface area contributed by atoms with Gasteiger partial charge in [-0.2, -0.15) is 5.26 Å². The Kier molecular flexibility index (Phi) is 3.81. The minimum atomic E-state index is -0.172. The van der Waals surface area contributed by atoms with Gasteiger partial charge in [0.05, 0.1) is 5.69 Å². The van der Waals surface area contributed by atoms with Gasteiger partial charge in [-0.25, -0.2) is 0 Å². The Morgan fingerprint density at radius 3 is 2.37 bits per heavy atom. The number of benzene rings is 1. The number of ether oxygens (including phenoxy) is 1. The van der Waals surface area contributed by atoms with Crippen LogP contribution in [0.25, 0.3) is 0 Å². The average molecular weight is 258 g/mol. The molecule has 1 aliphatic heterocycles. The van der Waals surface area contributed by atoms with Crippen molar-refractivity contribution >= 4 is 17.5 Å². The number of rotatable bonds is 3. The molecule has 0 bridgehead atoms. The van der Waals surface area contributed by atoms with Crippen molar-refractivity contribution in [2.24, 2.45) is 5.92 Å². The molecular weight excluding hydrogens is 244 g/mol. The van der Waals surface area contributed by atoms with Gasteiger partial charge >= 0.3 is 0 Å². The number of carbonyl (C=O) groups is 2. The molecule has 2 amide bonds. The largest absolute Gasteiger partial charge is 0.479 e. The standard InChI is InChI=1S/C14H14N2O3/c1-10-8-13(17)16(14(18)9-10)11-2-4-12(5-3-11)19-7-6-15/h2-5,10H,7-9H2,1H3. The van der Waals surface area contributed by atoms with Crippen molar-refractivity contribution in [1.82, 2.24) is 0 Å². The van der Waals surface area contributed by atoms with E-state index < -0.39 is 0 Å². The Hall–Kier alpha value is -2.35. The second-order valence-corrected chi connectivity index (χ2v) is 4.58. The molecule has 5 nitrogen and oxygen atoms in total. The summed E-state index contributed by atoms with van der Waals surface area (Å²) < 4.78 is 5.12. The second kappa shape index (κ2) is 5.53. The van der Waals surface area contributed by atoms with Crippen molar-refractivity contribution < 1.29 is 14.3 Å². The van der Waals surface area contributed by atoms with E-state index in [0.717, 1.165) is 0 Å². The zero-order valence-electron chi connectivity index (χ0n) is 10.6. The molecule has 0 saturated carbocycles. The maximum Gasteiger partial charge on any atom is 0.234 e. The van der Waals surface area contributed by atoms with E-state index >= 15 is 0 Å². The lowest BCUT2D eigenvalue weighted by Crippen LogP contribution is -2.42. The molecule has 0 atom stereocenters. The van der Waals surface area contributed by atoms with Gasteiger partial charge in [-0.3, -0.25) is 14.5 Å². The van der Waals surface area contributed by atoms with Crippen LogP contribution in [0.15, 0.2) is 24.3 Å². The van der Waals surface area contributed by atoms with Gasteiger partial charge in [0.2, 0.25) is 11.8 Å². The monoisotopic (exact) mass is 258 g/mol. The quantitative estimate of drug-likeness (QED) is 0.776. The van der Waals surface area contributed by atoms with Crippen molar-refractivity contribution in [3.05, 3.63) is 24.3 Å². The number of piperidine rings is 1. The third-order valence-electron chi connectivity index (χ3n) is 2.94. The first-order valence-corrected chi connectivity index (χ1v) is 6.07. The minimum Gasteiger partial charge on any atom is -0.479 e. The molecular formula is C14H14N2O3. The van der Waals surface area contributed by atoms with Gasteiger partial charge in [-0.05, 0) is 30.2 Å². The maximum atomic E-state index is 11.9. The molecule has 0 N–H and O–H groups in total. The molecule has 1 aromatic rings. The number of nitriles is 1. The van der Waals surface area contributed by atoms with Crippen molar-refractivity contribution in [2.75, 3.05) is 11.5 Å². The summed E-state index contributed by atoms with van der Waals surface area (Å²) in [7, 11) is 0. The van der Waals surface area contributed by atoms with Crippen LogP contribution in [-0.2, 0) is 9.59 Å². The van der Waals surface area contributed by atoms with E-state index in [4.69, 9.17) is 10.00 Å². The third kappa shape index (κ3) is 2.91.